The Morgan fingerprint density at radius 1 is 1.18 bits per heavy atom. The molecule has 6 heteroatoms. The fourth-order valence-electron chi connectivity index (χ4n) is 1.26. The van der Waals surface area contributed by atoms with E-state index in [-0.39, 0.29) is 11.8 Å². The summed E-state index contributed by atoms with van der Waals surface area (Å²) < 4.78 is 4.86. The van der Waals surface area contributed by atoms with Crippen molar-refractivity contribution in [2.24, 2.45) is 5.73 Å². The Morgan fingerprint density at radius 3 is 2.59 bits per heavy atom. The number of unbranched alkanes of at least 4 members (excludes halogenated alkanes) is 1. The van der Waals surface area contributed by atoms with E-state index in [0.717, 1.165) is 25.8 Å². The van der Waals surface area contributed by atoms with Crippen LogP contribution in [0.2, 0.25) is 0 Å². The van der Waals surface area contributed by atoms with Gasteiger partial charge in [0.05, 0.1) is 6.54 Å². The van der Waals surface area contributed by atoms with Crippen molar-refractivity contribution in [2.75, 3.05) is 33.4 Å². The third-order valence-corrected chi connectivity index (χ3v) is 2.16. The van der Waals surface area contributed by atoms with E-state index >= 15 is 0 Å². The Morgan fingerprint density at radius 2 is 1.94 bits per heavy atom. The van der Waals surface area contributed by atoms with Crippen LogP contribution in [0.5, 0.6) is 0 Å². The molecule has 0 radical (unpaired) electrons. The van der Waals surface area contributed by atoms with E-state index in [9.17, 15) is 9.59 Å². The van der Waals surface area contributed by atoms with Crippen molar-refractivity contribution in [3.8, 4) is 0 Å². The molecule has 100 valence electrons. The third kappa shape index (κ3) is 12.8. The number of nitrogens with two attached hydrogens (primary N) is 1. The number of hydrogen-bond acceptors (Lipinski definition) is 4. The summed E-state index contributed by atoms with van der Waals surface area (Å²) in [6, 6.07) is 0. The first-order valence-corrected chi connectivity index (χ1v) is 5.91. The molecular weight excluding hydrogens is 222 g/mol. The zero-order valence-electron chi connectivity index (χ0n) is 10.5. The van der Waals surface area contributed by atoms with Crippen LogP contribution in [0.1, 0.15) is 25.7 Å². The summed E-state index contributed by atoms with van der Waals surface area (Å²) in [7, 11) is 1.63. The van der Waals surface area contributed by atoms with Gasteiger partial charge >= 0.3 is 0 Å². The summed E-state index contributed by atoms with van der Waals surface area (Å²) in [6.07, 6.45) is 2.84. The summed E-state index contributed by atoms with van der Waals surface area (Å²) in [4.78, 5) is 21.7. The maximum absolute atomic E-state index is 11.3. The molecule has 0 atom stereocenters. The van der Waals surface area contributed by atoms with Crippen LogP contribution in [0.25, 0.3) is 0 Å². The topological polar surface area (TPSA) is 93.4 Å². The normalized spacial score (nSPS) is 10.2. The molecule has 0 aliphatic heterocycles. The first-order chi connectivity index (χ1) is 8.16. The second-order valence-corrected chi connectivity index (χ2v) is 3.80. The summed E-state index contributed by atoms with van der Waals surface area (Å²) in [6.45, 7) is 2.32. The molecule has 6 nitrogen and oxygen atoms in total. The van der Waals surface area contributed by atoms with E-state index in [2.05, 4.69) is 10.6 Å². The van der Waals surface area contributed by atoms with Gasteiger partial charge in [-0.1, -0.05) is 0 Å². The SMILES string of the molecule is COCCCNC(=O)CNCCCCC(N)=O. The van der Waals surface area contributed by atoms with Crippen LogP contribution in [0.3, 0.4) is 0 Å². The molecule has 0 aromatic heterocycles. The van der Waals surface area contributed by atoms with E-state index in [1.165, 1.54) is 0 Å². The summed E-state index contributed by atoms with van der Waals surface area (Å²) in [5, 5.41) is 5.78. The maximum Gasteiger partial charge on any atom is 0.233 e. The van der Waals surface area contributed by atoms with Gasteiger partial charge in [0, 0.05) is 26.7 Å². The minimum Gasteiger partial charge on any atom is -0.385 e. The van der Waals surface area contributed by atoms with Crippen molar-refractivity contribution in [1.29, 1.82) is 0 Å². The molecule has 4 N–H and O–H groups in total. The molecule has 0 fully saturated rings. The van der Waals surface area contributed by atoms with Crippen molar-refractivity contribution in [3.05, 3.63) is 0 Å². The quantitative estimate of drug-likeness (QED) is 0.423. The first-order valence-electron chi connectivity index (χ1n) is 5.91. The monoisotopic (exact) mass is 245 g/mol. The molecule has 0 saturated carbocycles. The lowest BCUT2D eigenvalue weighted by Gasteiger charge is -2.06. The maximum atomic E-state index is 11.3. The van der Waals surface area contributed by atoms with Gasteiger partial charge in [-0.15, -0.1) is 0 Å². The lowest BCUT2D eigenvalue weighted by molar-refractivity contribution is -0.120. The average Bonchev–Trinajstić information content (AvgIpc) is 2.29. The number of nitrogens with one attached hydrogen (secondary N) is 2. The minimum absolute atomic E-state index is 0.0176. The Labute approximate surface area is 102 Å². The van der Waals surface area contributed by atoms with Crippen molar-refractivity contribution in [2.45, 2.75) is 25.7 Å². The number of ether oxygens (including phenoxy) is 1. The molecule has 0 aromatic rings. The highest BCUT2D eigenvalue weighted by atomic mass is 16.5. The summed E-state index contributed by atoms with van der Waals surface area (Å²) >= 11 is 0. The number of hydrogen-bond donors (Lipinski definition) is 3. The third-order valence-electron chi connectivity index (χ3n) is 2.16. The summed E-state index contributed by atoms with van der Waals surface area (Å²) in [5.41, 5.74) is 5.00. The van der Waals surface area contributed by atoms with Crippen molar-refractivity contribution < 1.29 is 14.3 Å². The predicted octanol–water partition coefficient (Wildman–Crippen LogP) is -0.616. The molecule has 0 spiro atoms. The van der Waals surface area contributed by atoms with Crippen LogP contribution in [-0.4, -0.2) is 45.2 Å². The Balaban J connectivity index is 3.19. The number of primary amides is 1. The van der Waals surface area contributed by atoms with Crippen molar-refractivity contribution in [1.82, 2.24) is 10.6 Å². The molecule has 0 aliphatic rings. The van der Waals surface area contributed by atoms with E-state index < -0.39 is 0 Å². The molecule has 0 heterocycles. The Bertz CT molecular complexity index is 222. The van der Waals surface area contributed by atoms with E-state index in [1.54, 1.807) is 7.11 Å². The minimum atomic E-state index is -0.277. The van der Waals surface area contributed by atoms with Crippen LogP contribution >= 0.6 is 0 Å². The number of carbonyl (C=O) groups excluding carboxylic acids is 2. The van der Waals surface area contributed by atoms with Gasteiger partial charge in [0.2, 0.25) is 11.8 Å². The van der Waals surface area contributed by atoms with Crippen molar-refractivity contribution >= 4 is 11.8 Å². The fourth-order valence-corrected chi connectivity index (χ4v) is 1.26. The number of amides is 2. The lowest BCUT2D eigenvalue weighted by atomic mass is 10.2. The van der Waals surface area contributed by atoms with Gasteiger partial charge in [0.25, 0.3) is 0 Å². The van der Waals surface area contributed by atoms with Crippen LogP contribution < -0.4 is 16.4 Å². The molecule has 2 amide bonds. The van der Waals surface area contributed by atoms with Gasteiger partial charge in [-0.25, -0.2) is 0 Å². The lowest BCUT2D eigenvalue weighted by Crippen LogP contribution is -2.35. The molecule has 0 unspecified atom stereocenters. The number of carbonyl (C=O) groups is 2. The molecule has 0 aromatic carbocycles. The second-order valence-electron chi connectivity index (χ2n) is 3.80. The summed E-state index contributed by atoms with van der Waals surface area (Å²) in [5.74, 6) is -0.295. The molecule has 0 bridgehead atoms. The molecule has 0 aliphatic carbocycles. The van der Waals surface area contributed by atoms with Gasteiger partial charge in [0.15, 0.2) is 0 Å². The van der Waals surface area contributed by atoms with E-state index in [1.807, 2.05) is 0 Å². The smallest absolute Gasteiger partial charge is 0.233 e. The molecule has 0 rings (SSSR count). The number of rotatable bonds is 11. The van der Waals surface area contributed by atoms with Gasteiger partial charge in [-0.3, -0.25) is 9.59 Å². The highest BCUT2D eigenvalue weighted by Crippen LogP contribution is 1.91. The highest BCUT2D eigenvalue weighted by Gasteiger charge is 1.99. The van der Waals surface area contributed by atoms with Gasteiger partial charge in [-0.05, 0) is 25.8 Å². The number of methoxy groups -OCH3 is 1. The standard InChI is InChI=1S/C11H23N3O3/c1-17-8-4-7-14-11(16)9-13-6-3-2-5-10(12)15/h13H,2-9H2,1H3,(H2,12,15)(H,14,16). The molecule has 0 saturated heterocycles. The van der Waals surface area contributed by atoms with Crippen LogP contribution in [0, 0.1) is 0 Å². The first kappa shape index (κ1) is 15.9. The zero-order valence-corrected chi connectivity index (χ0v) is 10.5. The van der Waals surface area contributed by atoms with Crippen LogP contribution in [0.15, 0.2) is 0 Å². The van der Waals surface area contributed by atoms with E-state index in [4.69, 9.17) is 10.5 Å². The highest BCUT2D eigenvalue weighted by molar-refractivity contribution is 5.77. The predicted molar refractivity (Wildman–Crippen MR) is 65.4 cm³/mol. The van der Waals surface area contributed by atoms with Gasteiger partial charge < -0.3 is 21.1 Å². The Hall–Kier alpha value is -1.14. The van der Waals surface area contributed by atoms with Crippen LogP contribution in [-0.2, 0) is 14.3 Å². The fraction of sp³-hybridized carbons (Fsp3) is 0.818. The van der Waals surface area contributed by atoms with E-state index in [0.29, 0.717) is 26.1 Å². The van der Waals surface area contributed by atoms with Gasteiger partial charge in [0.1, 0.15) is 0 Å². The molecule has 17 heavy (non-hydrogen) atoms. The van der Waals surface area contributed by atoms with Crippen LogP contribution in [0.4, 0.5) is 0 Å². The average molecular weight is 245 g/mol. The second kappa shape index (κ2) is 11.3. The largest absolute Gasteiger partial charge is 0.385 e. The van der Waals surface area contributed by atoms with Crippen molar-refractivity contribution in [3.63, 3.8) is 0 Å². The Kier molecular flexibility index (Phi) is 10.6. The molecular formula is C11H23N3O3. The van der Waals surface area contributed by atoms with Gasteiger partial charge in [-0.2, -0.15) is 0 Å². The zero-order chi connectivity index (χ0) is 12.9.